The molecule has 0 fully saturated rings. The largest absolute Gasteiger partial charge is 0.370 e. The SMILES string of the molecule is C[C@H](CC(N)=O)C(=O)N[C@H](C)C(c1ccccc1)c1ccccc1. The van der Waals surface area contributed by atoms with Crippen LogP contribution < -0.4 is 11.1 Å². The normalized spacial score (nSPS) is 13.3. The van der Waals surface area contributed by atoms with Crippen LogP contribution in [-0.4, -0.2) is 17.9 Å². The smallest absolute Gasteiger partial charge is 0.223 e. The van der Waals surface area contributed by atoms with Crippen LogP contribution >= 0.6 is 0 Å². The van der Waals surface area contributed by atoms with Crippen molar-refractivity contribution in [3.63, 3.8) is 0 Å². The first-order chi connectivity index (χ1) is 11.5. The summed E-state index contributed by atoms with van der Waals surface area (Å²) in [5.41, 5.74) is 7.46. The van der Waals surface area contributed by atoms with Crippen LogP contribution in [0.1, 0.15) is 37.3 Å². The van der Waals surface area contributed by atoms with Gasteiger partial charge in [-0.15, -0.1) is 0 Å². The number of carbonyl (C=O) groups is 2. The molecular weight excluding hydrogens is 300 g/mol. The van der Waals surface area contributed by atoms with E-state index < -0.39 is 11.8 Å². The third-order valence-electron chi connectivity index (χ3n) is 4.14. The van der Waals surface area contributed by atoms with Crippen LogP contribution in [0.5, 0.6) is 0 Å². The number of primary amides is 1. The number of benzene rings is 2. The summed E-state index contributed by atoms with van der Waals surface area (Å²) >= 11 is 0. The van der Waals surface area contributed by atoms with Gasteiger partial charge in [0, 0.05) is 24.3 Å². The molecule has 2 rings (SSSR count). The highest BCUT2D eigenvalue weighted by Gasteiger charge is 2.25. The second kappa shape index (κ2) is 8.29. The van der Waals surface area contributed by atoms with Gasteiger partial charge in [0.25, 0.3) is 0 Å². The van der Waals surface area contributed by atoms with E-state index in [0.29, 0.717) is 0 Å². The molecule has 0 spiro atoms. The van der Waals surface area contributed by atoms with E-state index in [1.165, 1.54) is 0 Å². The lowest BCUT2D eigenvalue weighted by Gasteiger charge is -2.27. The van der Waals surface area contributed by atoms with Crippen molar-refractivity contribution in [2.75, 3.05) is 0 Å². The van der Waals surface area contributed by atoms with Crippen molar-refractivity contribution >= 4 is 11.8 Å². The van der Waals surface area contributed by atoms with Crippen molar-refractivity contribution in [1.82, 2.24) is 5.32 Å². The van der Waals surface area contributed by atoms with Crippen LogP contribution in [-0.2, 0) is 9.59 Å². The fourth-order valence-corrected chi connectivity index (χ4v) is 2.94. The second-order valence-corrected chi connectivity index (χ2v) is 6.17. The van der Waals surface area contributed by atoms with Crippen molar-refractivity contribution < 1.29 is 9.59 Å². The average molecular weight is 324 g/mol. The Kier molecular flexibility index (Phi) is 6.13. The zero-order valence-electron chi connectivity index (χ0n) is 14.1. The molecule has 126 valence electrons. The van der Waals surface area contributed by atoms with Gasteiger partial charge >= 0.3 is 0 Å². The molecule has 2 aromatic carbocycles. The molecule has 4 heteroatoms. The second-order valence-electron chi connectivity index (χ2n) is 6.17. The monoisotopic (exact) mass is 324 g/mol. The van der Waals surface area contributed by atoms with Gasteiger partial charge in [0.05, 0.1) is 0 Å². The van der Waals surface area contributed by atoms with Crippen LogP contribution in [0.4, 0.5) is 0 Å². The van der Waals surface area contributed by atoms with Gasteiger partial charge in [-0.3, -0.25) is 9.59 Å². The van der Waals surface area contributed by atoms with E-state index in [2.05, 4.69) is 29.6 Å². The maximum Gasteiger partial charge on any atom is 0.223 e. The quantitative estimate of drug-likeness (QED) is 0.822. The minimum Gasteiger partial charge on any atom is -0.370 e. The Morgan fingerprint density at radius 3 is 1.79 bits per heavy atom. The summed E-state index contributed by atoms with van der Waals surface area (Å²) in [4.78, 5) is 23.4. The maximum absolute atomic E-state index is 12.3. The van der Waals surface area contributed by atoms with E-state index in [1.807, 2.05) is 43.3 Å². The molecule has 0 saturated heterocycles. The molecule has 0 saturated carbocycles. The molecule has 0 aliphatic rings. The highest BCUT2D eigenvalue weighted by molar-refractivity contribution is 5.85. The summed E-state index contributed by atoms with van der Waals surface area (Å²) in [7, 11) is 0. The fourth-order valence-electron chi connectivity index (χ4n) is 2.94. The van der Waals surface area contributed by atoms with Crippen molar-refractivity contribution in [3.05, 3.63) is 71.8 Å². The number of carbonyl (C=O) groups excluding carboxylic acids is 2. The van der Waals surface area contributed by atoms with Gasteiger partial charge in [-0.2, -0.15) is 0 Å². The Bertz CT molecular complexity index is 631. The molecule has 3 N–H and O–H groups in total. The van der Waals surface area contributed by atoms with Crippen LogP contribution in [0.25, 0.3) is 0 Å². The lowest BCUT2D eigenvalue weighted by molar-refractivity contribution is -0.129. The fraction of sp³-hybridized carbons (Fsp3) is 0.300. The van der Waals surface area contributed by atoms with E-state index in [1.54, 1.807) is 6.92 Å². The van der Waals surface area contributed by atoms with Gasteiger partial charge in [0.1, 0.15) is 0 Å². The van der Waals surface area contributed by atoms with Crippen LogP contribution in [0, 0.1) is 5.92 Å². The highest BCUT2D eigenvalue weighted by Crippen LogP contribution is 2.28. The Balaban J connectivity index is 2.21. The summed E-state index contributed by atoms with van der Waals surface area (Å²) in [6.07, 6.45) is 0.0555. The molecule has 0 aromatic heterocycles. The Labute approximate surface area is 143 Å². The van der Waals surface area contributed by atoms with E-state index in [-0.39, 0.29) is 24.3 Å². The molecule has 4 nitrogen and oxygen atoms in total. The Hall–Kier alpha value is -2.62. The molecule has 2 atom stereocenters. The van der Waals surface area contributed by atoms with Crippen molar-refractivity contribution in [2.45, 2.75) is 32.2 Å². The van der Waals surface area contributed by atoms with Crippen LogP contribution in [0.2, 0.25) is 0 Å². The molecule has 0 bridgehead atoms. The van der Waals surface area contributed by atoms with E-state index in [0.717, 1.165) is 11.1 Å². The van der Waals surface area contributed by atoms with Gasteiger partial charge in [-0.25, -0.2) is 0 Å². The zero-order valence-corrected chi connectivity index (χ0v) is 14.1. The molecule has 0 unspecified atom stereocenters. The molecule has 0 aliphatic heterocycles. The number of nitrogens with one attached hydrogen (secondary N) is 1. The predicted octanol–water partition coefficient (Wildman–Crippen LogP) is 2.83. The molecule has 0 aliphatic carbocycles. The lowest BCUT2D eigenvalue weighted by atomic mass is 9.85. The molecule has 2 aromatic rings. The number of hydrogen-bond donors (Lipinski definition) is 2. The highest BCUT2D eigenvalue weighted by atomic mass is 16.2. The maximum atomic E-state index is 12.3. The van der Waals surface area contributed by atoms with Gasteiger partial charge in [0.2, 0.25) is 11.8 Å². The Morgan fingerprint density at radius 2 is 1.38 bits per heavy atom. The van der Waals surface area contributed by atoms with Crippen molar-refractivity contribution in [1.29, 1.82) is 0 Å². The van der Waals surface area contributed by atoms with Crippen LogP contribution in [0.15, 0.2) is 60.7 Å². The minimum absolute atomic E-state index is 0.0390. The first-order valence-electron chi connectivity index (χ1n) is 8.17. The van der Waals surface area contributed by atoms with Gasteiger partial charge in [-0.1, -0.05) is 67.6 Å². The first kappa shape index (κ1) is 17.7. The topological polar surface area (TPSA) is 72.2 Å². The molecule has 24 heavy (non-hydrogen) atoms. The van der Waals surface area contributed by atoms with E-state index >= 15 is 0 Å². The number of rotatable bonds is 7. The summed E-state index contributed by atoms with van der Waals surface area (Å²) in [6.45, 7) is 3.70. The summed E-state index contributed by atoms with van der Waals surface area (Å²) in [5, 5.41) is 3.04. The zero-order chi connectivity index (χ0) is 17.5. The van der Waals surface area contributed by atoms with E-state index in [9.17, 15) is 9.59 Å². The van der Waals surface area contributed by atoms with Gasteiger partial charge in [-0.05, 0) is 18.1 Å². The third-order valence-corrected chi connectivity index (χ3v) is 4.14. The first-order valence-corrected chi connectivity index (χ1v) is 8.17. The van der Waals surface area contributed by atoms with Gasteiger partial charge < -0.3 is 11.1 Å². The predicted molar refractivity (Wildman–Crippen MR) is 95.3 cm³/mol. The Morgan fingerprint density at radius 1 is 0.917 bits per heavy atom. The standard InChI is InChI=1S/C20H24N2O2/c1-14(13-18(21)23)20(24)22-15(2)19(16-9-5-3-6-10-16)17-11-7-4-8-12-17/h3-12,14-15,19H,13H2,1-2H3,(H2,21,23)(H,22,24)/t14-,15-/m1/s1. The molecule has 0 heterocycles. The summed E-state index contributed by atoms with van der Waals surface area (Å²) < 4.78 is 0. The minimum atomic E-state index is -0.465. The number of nitrogens with two attached hydrogens (primary N) is 1. The number of amides is 2. The van der Waals surface area contributed by atoms with E-state index in [4.69, 9.17) is 5.73 Å². The summed E-state index contributed by atoms with van der Waals surface area (Å²) in [5.74, 6) is -1.01. The lowest BCUT2D eigenvalue weighted by Crippen LogP contribution is -2.41. The van der Waals surface area contributed by atoms with Crippen LogP contribution in [0.3, 0.4) is 0 Å². The number of hydrogen-bond acceptors (Lipinski definition) is 2. The molecular formula is C20H24N2O2. The third kappa shape index (κ3) is 4.69. The van der Waals surface area contributed by atoms with Gasteiger partial charge in [0.15, 0.2) is 0 Å². The van der Waals surface area contributed by atoms with Crippen molar-refractivity contribution in [2.24, 2.45) is 11.7 Å². The molecule has 0 radical (unpaired) electrons. The average Bonchev–Trinajstić information content (AvgIpc) is 2.56. The van der Waals surface area contributed by atoms with Crippen molar-refractivity contribution in [3.8, 4) is 0 Å². The summed E-state index contributed by atoms with van der Waals surface area (Å²) in [6, 6.07) is 20.1. The molecule has 2 amide bonds.